The fourth-order valence-corrected chi connectivity index (χ4v) is 3.51. The van der Waals surface area contributed by atoms with Gasteiger partial charge in [0.1, 0.15) is 0 Å². The molecule has 1 atom stereocenters. The van der Waals surface area contributed by atoms with Gasteiger partial charge in [0.15, 0.2) is 0 Å². The van der Waals surface area contributed by atoms with Crippen LogP contribution in [0.4, 0.5) is 0 Å². The van der Waals surface area contributed by atoms with Crippen LogP contribution in [0.1, 0.15) is 31.2 Å². The highest BCUT2D eigenvalue weighted by Crippen LogP contribution is 2.28. The van der Waals surface area contributed by atoms with E-state index in [2.05, 4.69) is 10.2 Å². The van der Waals surface area contributed by atoms with E-state index in [4.69, 9.17) is 23.2 Å². The van der Waals surface area contributed by atoms with Crippen molar-refractivity contribution in [1.29, 1.82) is 0 Å². The molecule has 2 fully saturated rings. The van der Waals surface area contributed by atoms with E-state index >= 15 is 0 Å². The number of hydrogen-bond donors (Lipinski definition) is 1. The van der Waals surface area contributed by atoms with Gasteiger partial charge in [-0.25, -0.2) is 0 Å². The zero-order chi connectivity index (χ0) is 13.9. The molecule has 20 heavy (non-hydrogen) atoms. The Morgan fingerprint density at radius 1 is 1.15 bits per heavy atom. The summed E-state index contributed by atoms with van der Waals surface area (Å²) >= 11 is 12.5. The summed E-state index contributed by atoms with van der Waals surface area (Å²) in [4.78, 5) is 2.50. The lowest BCUT2D eigenvalue weighted by Gasteiger charge is -2.33. The highest BCUT2D eigenvalue weighted by molar-refractivity contribution is 6.35. The molecule has 0 aromatic heterocycles. The fourth-order valence-electron chi connectivity index (χ4n) is 2.99. The summed E-state index contributed by atoms with van der Waals surface area (Å²) in [5.74, 6) is 0.769. The average Bonchev–Trinajstić information content (AvgIpc) is 3.26. The Balaban J connectivity index is 1.56. The van der Waals surface area contributed by atoms with Crippen molar-refractivity contribution in [3.8, 4) is 0 Å². The molecule has 0 radical (unpaired) electrons. The fraction of sp³-hybridized carbons (Fsp3) is 0.625. The number of likely N-dealkylation sites (tertiary alicyclic amines) is 1. The van der Waals surface area contributed by atoms with Gasteiger partial charge >= 0.3 is 0 Å². The van der Waals surface area contributed by atoms with E-state index in [0.717, 1.165) is 53.7 Å². The predicted octanol–water partition coefficient (Wildman–Crippen LogP) is 3.96. The summed E-state index contributed by atoms with van der Waals surface area (Å²) in [6.07, 6.45) is 5.35. The summed E-state index contributed by atoms with van der Waals surface area (Å²) < 4.78 is 0. The molecule has 0 amide bonds. The van der Waals surface area contributed by atoms with Crippen LogP contribution in [0.25, 0.3) is 0 Å². The highest BCUT2D eigenvalue weighted by Gasteiger charge is 2.25. The molecular weight excluding hydrogens is 291 g/mol. The van der Waals surface area contributed by atoms with Crippen molar-refractivity contribution in [2.45, 2.75) is 38.3 Å². The monoisotopic (exact) mass is 312 g/mol. The van der Waals surface area contributed by atoms with Crippen LogP contribution in [0.5, 0.6) is 0 Å². The minimum absolute atomic E-state index is 0.769. The van der Waals surface area contributed by atoms with E-state index in [1.54, 1.807) is 0 Å². The molecule has 1 N–H and O–H groups in total. The molecular formula is C16H22Cl2N2. The van der Waals surface area contributed by atoms with Gasteiger partial charge in [-0.3, -0.25) is 4.90 Å². The zero-order valence-corrected chi connectivity index (χ0v) is 13.3. The molecule has 3 rings (SSSR count). The first kappa shape index (κ1) is 14.6. The molecule has 4 heteroatoms. The maximum atomic E-state index is 6.27. The van der Waals surface area contributed by atoms with Gasteiger partial charge in [-0.2, -0.15) is 0 Å². The van der Waals surface area contributed by atoms with E-state index < -0.39 is 0 Å². The van der Waals surface area contributed by atoms with Crippen molar-refractivity contribution in [2.24, 2.45) is 5.92 Å². The molecule has 2 nitrogen and oxygen atoms in total. The minimum atomic E-state index is 0.769. The van der Waals surface area contributed by atoms with E-state index in [1.165, 1.54) is 25.7 Å². The van der Waals surface area contributed by atoms with E-state index in [0.29, 0.717) is 0 Å². The van der Waals surface area contributed by atoms with Crippen LogP contribution in [-0.2, 0) is 6.54 Å². The van der Waals surface area contributed by atoms with E-state index in [-0.39, 0.29) is 0 Å². The summed E-state index contributed by atoms with van der Waals surface area (Å²) in [7, 11) is 0. The number of halogens is 2. The number of hydrogen-bond acceptors (Lipinski definition) is 2. The molecule has 110 valence electrons. The van der Waals surface area contributed by atoms with Gasteiger partial charge in [0.25, 0.3) is 0 Å². The lowest BCUT2D eigenvalue weighted by atomic mass is 9.97. The van der Waals surface area contributed by atoms with Crippen LogP contribution in [0.15, 0.2) is 18.2 Å². The molecule has 1 saturated carbocycles. The number of nitrogens with one attached hydrogen (secondary N) is 1. The van der Waals surface area contributed by atoms with Crippen LogP contribution in [-0.4, -0.2) is 30.6 Å². The van der Waals surface area contributed by atoms with Crippen LogP contribution < -0.4 is 5.32 Å². The largest absolute Gasteiger partial charge is 0.314 e. The molecule has 1 unspecified atom stereocenters. The summed E-state index contributed by atoms with van der Waals surface area (Å²) in [5, 5.41) is 5.23. The second-order valence-corrected chi connectivity index (χ2v) is 6.94. The molecule has 0 bridgehead atoms. The Morgan fingerprint density at radius 2 is 1.90 bits per heavy atom. The standard InChI is InChI=1S/C16H22Cl2N2/c17-15-4-1-5-16(18)14(15)11-20-8-2-3-12(10-20)9-19-13-6-7-13/h1,4-5,12-13,19H,2-3,6-11H2. The van der Waals surface area contributed by atoms with Gasteiger partial charge in [-0.1, -0.05) is 29.3 Å². The van der Waals surface area contributed by atoms with Gasteiger partial charge in [0, 0.05) is 34.7 Å². The van der Waals surface area contributed by atoms with Crippen molar-refractivity contribution < 1.29 is 0 Å². The first-order valence-corrected chi connectivity index (χ1v) is 8.36. The van der Waals surface area contributed by atoms with E-state index in [1.807, 2.05) is 18.2 Å². The molecule has 1 heterocycles. The number of nitrogens with zero attached hydrogens (tertiary/aromatic N) is 1. The number of benzene rings is 1. The van der Waals surface area contributed by atoms with Gasteiger partial charge in [0.05, 0.1) is 0 Å². The maximum absolute atomic E-state index is 6.27. The Hall–Kier alpha value is -0.280. The lowest BCUT2D eigenvalue weighted by molar-refractivity contribution is 0.165. The van der Waals surface area contributed by atoms with Crippen LogP contribution >= 0.6 is 23.2 Å². The number of piperidine rings is 1. The molecule has 1 aromatic carbocycles. The minimum Gasteiger partial charge on any atom is -0.314 e. The van der Waals surface area contributed by atoms with Crippen LogP contribution in [0.3, 0.4) is 0 Å². The zero-order valence-electron chi connectivity index (χ0n) is 11.7. The smallest absolute Gasteiger partial charge is 0.0465 e. The normalized spacial score (nSPS) is 24.0. The average molecular weight is 313 g/mol. The first-order chi connectivity index (χ1) is 9.72. The van der Waals surface area contributed by atoms with Crippen LogP contribution in [0.2, 0.25) is 10.0 Å². The van der Waals surface area contributed by atoms with Gasteiger partial charge in [0.2, 0.25) is 0 Å². The summed E-state index contributed by atoms with van der Waals surface area (Å²) in [6.45, 7) is 4.35. The third-order valence-corrected chi connectivity index (χ3v) is 5.03. The summed E-state index contributed by atoms with van der Waals surface area (Å²) in [5.41, 5.74) is 1.08. The summed E-state index contributed by atoms with van der Waals surface area (Å²) in [6, 6.07) is 6.58. The first-order valence-electron chi connectivity index (χ1n) is 7.61. The lowest BCUT2D eigenvalue weighted by Crippen LogP contribution is -2.39. The number of rotatable bonds is 5. The van der Waals surface area contributed by atoms with E-state index in [9.17, 15) is 0 Å². The van der Waals surface area contributed by atoms with Crippen molar-refractivity contribution in [1.82, 2.24) is 10.2 Å². The maximum Gasteiger partial charge on any atom is 0.0465 e. The van der Waals surface area contributed by atoms with Crippen molar-refractivity contribution >= 4 is 23.2 Å². The Labute approximate surface area is 131 Å². The topological polar surface area (TPSA) is 15.3 Å². The Bertz CT molecular complexity index is 440. The van der Waals surface area contributed by atoms with Gasteiger partial charge < -0.3 is 5.32 Å². The second kappa shape index (κ2) is 6.65. The van der Waals surface area contributed by atoms with Gasteiger partial charge in [-0.05, 0) is 56.8 Å². The van der Waals surface area contributed by atoms with Crippen molar-refractivity contribution in [3.05, 3.63) is 33.8 Å². The molecule has 1 saturated heterocycles. The van der Waals surface area contributed by atoms with Crippen molar-refractivity contribution in [3.63, 3.8) is 0 Å². The molecule has 1 aliphatic carbocycles. The third-order valence-electron chi connectivity index (χ3n) is 4.32. The Kier molecular flexibility index (Phi) is 4.87. The quantitative estimate of drug-likeness (QED) is 0.885. The molecule has 1 aromatic rings. The Morgan fingerprint density at radius 3 is 2.60 bits per heavy atom. The second-order valence-electron chi connectivity index (χ2n) is 6.13. The van der Waals surface area contributed by atoms with Crippen molar-refractivity contribution in [2.75, 3.05) is 19.6 Å². The molecule has 1 aliphatic heterocycles. The predicted molar refractivity (Wildman–Crippen MR) is 85.5 cm³/mol. The molecule has 0 spiro atoms. The molecule has 2 aliphatic rings. The van der Waals surface area contributed by atoms with Gasteiger partial charge in [-0.15, -0.1) is 0 Å². The van der Waals surface area contributed by atoms with Crippen LogP contribution in [0, 0.1) is 5.92 Å². The highest BCUT2D eigenvalue weighted by atomic mass is 35.5. The third kappa shape index (κ3) is 3.88. The SMILES string of the molecule is Clc1cccc(Cl)c1CN1CCCC(CNC2CC2)C1.